The zero-order chi connectivity index (χ0) is 20.0. The van der Waals surface area contributed by atoms with Crippen LogP contribution in [0.25, 0.3) is 0 Å². The van der Waals surface area contributed by atoms with Gasteiger partial charge < -0.3 is 9.64 Å². The van der Waals surface area contributed by atoms with Crippen LogP contribution in [0.4, 0.5) is 13.2 Å². The molecule has 0 atom stereocenters. The third kappa shape index (κ3) is 5.84. The monoisotopic (exact) mass is 379 g/mol. The van der Waals surface area contributed by atoms with Gasteiger partial charge >= 0.3 is 12.1 Å². The van der Waals surface area contributed by atoms with Crippen molar-refractivity contribution in [3.8, 4) is 0 Å². The molecule has 0 aromatic heterocycles. The topological polar surface area (TPSA) is 46.6 Å². The Bertz CT molecular complexity index is 784. The number of rotatable bonds is 6. The van der Waals surface area contributed by atoms with Crippen molar-refractivity contribution in [3.63, 3.8) is 0 Å². The predicted molar refractivity (Wildman–Crippen MR) is 94.0 cm³/mol. The minimum atomic E-state index is -4.48. The Balaban J connectivity index is 1.87. The molecule has 7 heteroatoms. The van der Waals surface area contributed by atoms with Gasteiger partial charge in [0, 0.05) is 13.6 Å². The Morgan fingerprint density at radius 2 is 1.52 bits per heavy atom. The average Bonchev–Trinajstić information content (AvgIpc) is 2.65. The molecule has 0 N–H and O–H groups in total. The molecule has 2 aromatic rings. The molecule has 0 aliphatic carbocycles. The first kappa shape index (κ1) is 20.5. The van der Waals surface area contributed by atoms with Crippen LogP contribution < -0.4 is 0 Å². The van der Waals surface area contributed by atoms with Gasteiger partial charge in [0.1, 0.15) is 0 Å². The molecule has 4 nitrogen and oxygen atoms in total. The lowest BCUT2D eigenvalue weighted by molar-refractivity contribution is -0.137. The number of esters is 1. The zero-order valence-electron chi connectivity index (χ0n) is 15.0. The standard InChI is InChI=1S/C20H20F3NO3/c1-3-14-4-6-15(7-5-14)12-24(2)18(25)13-27-19(26)16-8-10-17(11-9-16)20(21,22)23/h4-11H,3,12-13H2,1-2H3. The van der Waals surface area contributed by atoms with Crippen molar-refractivity contribution in [3.05, 3.63) is 70.8 Å². The Hall–Kier alpha value is -2.83. The van der Waals surface area contributed by atoms with Gasteiger partial charge in [0.05, 0.1) is 11.1 Å². The van der Waals surface area contributed by atoms with Crippen molar-refractivity contribution in [1.29, 1.82) is 0 Å². The van der Waals surface area contributed by atoms with E-state index < -0.39 is 30.2 Å². The highest BCUT2D eigenvalue weighted by molar-refractivity contribution is 5.91. The van der Waals surface area contributed by atoms with Crippen LogP contribution in [0.1, 0.15) is 34.0 Å². The smallest absolute Gasteiger partial charge is 0.416 e. The predicted octanol–water partition coefficient (Wildman–Crippen LogP) is 4.08. The van der Waals surface area contributed by atoms with Gasteiger partial charge in [0.25, 0.3) is 5.91 Å². The molecule has 144 valence electrons. The number of carbonyl (C=O) groups is 2. The van der Waals surface area contributed by atoms with E-state index in [2.05, 4.69) is 6.92 Å². The maximum absolute atomic E-state index is 12.5. The van der Waals surface area contributed by atoms with E-state index in [0.29, 0.717) is 6.54 Å². The van der Waals surface area contributed by atoms with Gasteiger partial charge in [-0.25, -0.2) is 4.79 Å². The highest BCUT2D eigenvalue weighted by atomic mass is 19.4. The summed E-state index contributed by atoms with van der Waals surface area (Å²) in [6.07, 6.45) is -3.55. The number of carbonyl (C=O) groups excluding carboxylic acids is 2. The van der Waals surface area contributed by atoms with E-state index in [1.807, 2.05) is 24.3 Å². The lowest BCUT2D eigenvalue weighted by Gasteiger charge is -2.17. The number of alkyl halides is 3. The van der Waals surface area contributed by atoms with Crippen molar-refractivity contribution in [2.75, 3.05) is 13.7 Å². The second-order valence-corrected chi connectivity index (χ2v) is 6.07. The van der Waals surface area contributed by atoms with Crippen LogP contribution in [0.15, 0.2) is 48.5 Å². The molecule has 0 saturated heterocycles. The first-order chi connectivity index (χ1) is 12.7. The summed E-state index contributed by atoms with van der Waals surface area (Å²) in [7, 11) is 1.59. The Kier molecular flexibility index (Phi) is 6.60. The Morgan fingerprint density at radius 1 is 0.963 bits per heavy atom. The largest absolute Gasteiger partial charge is 0.452 e. The second-order valence-electron chi connectivity index (χ2n) is 6.07. The van der Waals surface area contributed by atoms with E-state index in [1.54, 1.807) is 7.05 Å². The number of likely N-dealkylation sites (N-methyl/N-ethyl adjacent to an activating group) is 1. The molecule has 1 amide bonds. The highest BCUT2D eigenvalue weighted by Crippen LogP contribution is 2.29. The first-order valence-corrected chi connectivity index (χ1v) is 8.37. The minimum Gasteiger partial charge on any atom is -0.452 e. The van der Waals surface area contributed by atoms with Gasteiger partial charge in [-0.3, -0.25) is 4.79 Å². The van der Waals surface area contributed by atoms with Gasteiger partial charge in [-0.2, -0.15) is 13.2 Å². The Morgan fingerprint density at radius 3 is 2.04 bits per heavy atom. The number of ether oxygens (including phenoxy) is 1. The van der Waals surface area contributed by atoms with Crippen molar-refractivity contribution in [2.24, 2.45) is 0 Å². The van der Waals surface area contributed by atoms with Crippen LogP contribution in [-0.2, 0) is 28.7 Å². The summed E-state index contributed by atoms with van der Waals surface area (Å²) >= 11 is 0. The van der Waals surface area contributed by atoms with E-state index in [1.165, 1.54) is 10.5 Å². The van der Waals surface area contributed by atoms with Crippen molar-refractivity contribution in [2.45, 2.75) is 26.1 Å². The summed E-state index contributed by atoms with van der Waals surface area (Å²) in [4.78, 5) is 25.4. The first-order valence-electron chi connectivity index (χ1n) is 8.37. The third-order valence-electron chi connectivity index (χ3n) is 4.05. The van der Waals surface area contributed by atoms with E-state index in [9.17, 15) is 22.8 Å². The number of amides is 1. The minimum absolute atomic E-state index is 0.0476. The number of benzene rings is 2. The molecule has 0 bridgehead atoms. The van der Waals surface area contributed by atoms with Crippen LogP contribution in [0, 0.1) is 0 Å². The number of hydrogen-bond donors (Lipinski definition) is 0. The molecule has 2 aromatic carbocycles. The van der Waals surface area contributed by atoms with Crippen LogP contribution in [-0.4, -0.2) is 30.4 Å². The molecular formula is C20H20F3NO3. The average molecular weight is 379 g/mol. The maximum atomic E-state index is 12.5. The lowest BCUT2D eigenvalue weighted by Crippen LogP contribution is -2.30. The molecule has 0 aliphatic heterocycles. The molecular weight excluding hydrogens is 359 g/mol. The number of aryl methyl sites for hydroxylation is 1. The van der Waals surface area contributed by atoms with E-state index in [-0.39, 0.29) is 5.56 Å². The molecule has 0 fully saturated rings. The molecule has 0 unspecified atom stereocenters. The molecule has 0 heterocycles. The van der Waals surface area contributed by atoms with E-state index in [0.717, 1.165) is 36.2 Å². The van der Waals surface area contributed by atoms with Crippen LogP contribution in [0.2, 0.25) is 0 Å². The van der Waals surface area contributed by atoms with E-state index >= 15 is 0 Å². The maximum Gasteiger partial charge on any atom is 0.416 e. The summed E-state index contributed by atoms with van der Waals surface area (Å²) in [5.74, 6) is -1.26. The fourth-order valence-electron chi connectivity index (χ4n) is 2.36. The zero-order valence-corrected chi connectivity index (χ0v) is 15.0. The summed E-state index contributed by atoms with van der Waals surface area (Å²) in [6, 6.07) is 11.5. The third-order valence-corrected chi connectivity index (χ3v) is 4.05. The van der Waals surface area contributed by atoms with Crippen LogP contribution in [0.3, 0.4) is 0 Å². The molecule has 0 saturated carbocycles. The molecule has 2 rings (SSSR count). The lowest BCUT2D eigenvalue weighted by atomic mass is 10.1. The quantitative estimate of drug-likeness (QED) is 0.711. The number of halogens is 3. The van der Waals surface area contributed by atoms with Crippen molar-refractivity contribution in [1.82, 2.24) is 4.90 Å². The Labute approximate surface area is 155 Å². The molecule has 0 radical (unpaired) electrons. The second kappa shape index (κ2) is 8.70. The SMILES string of the molecule is CCc1ccc(CN(C)C(=O)COC(=O)c2ccc(C(F)(F)F)cc2)cc1. The van der Waals surface area contributed by atoms with Gasteiger partial charge in [0.15, 0.2) is 6.61 Å². The summed E-state index contributed by atoms with van der Waals surface area (Å²) in [5, 5.41) is 0. The van der Waals surface area contributed by atoms with Gasteiger partial charge in [-0.15, -0.1) is 0 Å². The molecule has 0 aliphatic rings. The fourth-order valence-corrected chi connectivity index (χ4v) is 2.36. The normalized spacial score (nSPS) is 11.1. The molecule has 27 heavy (non-hydrogen) atoms. The summed E-state index contributed by atoms with van der Waals surface area (Å²) in [5.41, 5.74) is 1.23. The molecule has 0 spiro atoms. The van der Waals surface area contributed by atoms with Crippen molar-refractivity contribution >= 4 is 11.9 Å². The van der Waals surface area contributed by atoms with Gasteiger partial charge in [-0.1, -0.05) is 31.2 Å². The number of hydrogen-bond acceptors (Lipinski definition) is 3. The van der Waals surface area contributed by atoms with Crippen LogP contribution >= 0.6 is 0 Å². The van der Waals surface area contributed by atoms with Gasteiger partial charge in [-0.05, 0) is 41.8 Å². The van der Waals surface area contributed by atoms with Crippen molar-refractivity contribution < 1.29 is 27.5 Å². The summed E-state index contributed by atoms with van der Waals surface area (Å²) in [6.45, 7) is 1.93. The van der Waals surface area contributed by atoms with Gasteiger partial charge in [0.2, 0.25) is 0 Å². The highest BCUT2D eigenvalue weighted by Gasteiger charge is 2.30. The number of nitrogens with zero attached hydrogens (tertiary/aromatic N) is 1. The fraction of sp³-hybridized carbons (Fsp3) is 0.300. The summed E-state index contributed by atoms with van der Waals surface area (Å²) < 4.78 is 42.5. The van der Waals surface area contributed by atoms with Crippen LogP contribution in [0.5, 0.6) is 0 Å². The van der Waals surface area contributed by atoms with E-state index in [4.69, 9.17) is 4.74 Å².